The Kier molecular flexibility index (Phi) is 6.64. The standard InChI is InChI=1S/C15H22N2O9S3/c1-25-12-5-7-13(8-6-12)29(23,24)16-10-11(9-14(16)15(18)26-2)17(27(3,19)20)28(4,21)22/h5-8,11,14H,9-10H2,1-4H3/t11-,14+/m0/s1. The maximum atomic E-state index is 13.1. The summed E-state index contributed by atoms with van der Waals surface area (Å²) in [6.07, 6.45) is 1.02. The van der Waals surface area contributed by atoms with Crippen molar-refractivity contribution in [3.8, 4) is 5.75 Å². The second-order valence-corrected chi connectivity index (χ2v) is 12.3. The SMILES string of the molecule is COC(=O)[C@H]1C[C@H](N(S(C)(=O)=O)S(C)(=O)=O)CN1S(=O)(=O)c1ccc(OC)cc1. The van der Waals surface area contributed by atoms with Gasteiger partial charge in [0.2, 0.25) is 30.1 Å². The first-order valence-electron chi connectivity index (χ1n) is 8.16. The van der Waals surface area contributed by atoms with Crippen LogP contribution in [0.15, 0.2) is 29.2 Å². The van der Waals surface area contributed by atoms with Gasteiger partial charge in [-0.2, -0.15) is 4.31 Å². The predicted octanol–water partition coefficient (Wildman–Crippen LogP) is -0.779. The summed E-state index contributed by atoms with van der Waals surface area (Å²) in [6.45, 7) is -0.533. The topological polar surface area (TPSA) is 144 Å². The Hall–Kier alpha value is -1.74. The molecule has 0 aliphatic carbocycles. The summed E-state index contributed by atoms with van der Waals surface area (Å²) < 4.78 is 85.0. The van der Waals surface area contributed by atoms with E-state index in [1.54, 1.807) is 0 Å². The predicted molar refractivity (Wildman–Crippen MR) is 103 cm³/mol. The number of hydrogen-bond donors (Lipinski definition) is 0. The zero-order chi connectivity index (χ0) is 22.2. The van der Waals surface area contributed by atoms with E-state index >= 15 is 0 Å². The molecule has 0 amide bonds. The Morgan fingerprint density at radius 3 is 1.93 bits per heavy atom. The molecule has 1 fully saturated rings. The van der Waals surface area contributed by atoms with Gasteiger partial charge in [-0.05, 0) is 30.7 Å². The minimum absolute atomic E-state index is 0.168. The van der Waals surface area contributed by atoms with Crippen molar-refractivity contribution in [2.75, 3.05) is 33.3 Å². The molecule has 11 nitrogen and oxygen atoms in total. The van der Waals surface area contributed by atoms with Gasteiger partial charge in [-0.25, -0.2) is 25.3 Å². The number of methoxy groups -OCH3 is 2. The summed E-state index contributed by atoms with van der Waals surface area (Å²) in [5.74, 6) is -0.514. The molecular formula is C15H22N2O9S3. The van der Waals surface area contributed by atoms with Gasteiger partial charge in [0.25, 0.3) is 0 Å². The zero-order valence-electron chi connectivity index (χ0n) is 16.2. The highest BCUT2D eigenvalue weighted by molar-refractivity contribution is 8.03. The third-order valence-electron chi connectivity index (χ3n) is 4.32. The van der Waals surface area contributed by atoms with E-state index in [9.17, 15) is 30.0 Å². The maximum absolute atomic E-state index is 13.1. The summed E-state index contributed by atoms with van der Waals surface area (Å²) in [7, 11) is -10.3. The number of benzene rings is 1. The molecule has 1 aliphatic heterocycles. The number of hydrogen-bond acceptors (Lipinski definition) is 9. The molecule has 0 bridgehead atoms. The molecule has 2 atom stereocenters. The van der Waals surface area contributed by atoms with E-state index in [0.29, 0.717) is 18.3 Å². The highest BCUT2D eigenvalue weighted by Crippen LogP contribution is 2.32. The fourth-order valence-corrected chi connectivity index (χ4v) is 8.21. The van der Waals surface area contributed by atoms with Crippen molar-refractivity contribution in [2.24, 2.45) is 0 Å². The lowest BCUT2D eigenvalue weighted by Gasteiger charge is -2.24. The molecule has 0 spiro atoms. The van der Waals surface area contributed by atoms with Gasteiger partial charge in [0.1, 0.15) is 11.8 Å². The lowest BCUT2D eigenvalue weighted by Crippen LogP contribution is -2.45. The Balaban J connectivity index is 2.52. The number of rotatable bonds is 7. The van der Waals surface area contributed by atoms with Crippen LogP contribution in [0.2, 0.25) is 0 Å². The third-order valence-corrected chi connectivity index (χ3v) is 9.74. The summed E-state index contributed by atoms with van der Waals surface area (Å²) in [5, 5.41) is 0. The minimum Gasteiger partial charge on any atom is -0.497 e. The van der Waals surface area contributed by atoms with Crippen LogP contribution in [0.5, 0.6) is 5.75 Å². The van der Waals surface area contributed by atoms with Crippen molar-refractivity contribution in [3.63, 3.8) is 0 Å². The van der Waals surface area contributed by atoms with Gasteiger partial charge in [0.05, 0.1) is 37.7 Å². The number of nitrogens with zero attached hydrogens (tertiary/aromatic N) is 2. The number of ether oxygens (including phenoxy) is 2. The second kappa shape index (κ2) is 8.18. The molecule has 0 radical (unpaired) electrons. The van der Waals surface area contributed by atoms with Gasteiger partial charge in [-0.3, -0.25) is 4.79 Å². The van der Waals surface area contributed by atoms with Crippen LogP contribution in [-0.2, 0) is 39.6 Å². The summed E-state index contributed by atoms with van der Waals surface area (Å²) in [5.41, 5.74) is 0. The number of esters is 1. The van der Waals surface area contributed by atoms with Crippen molar-refractivity contribution < 1.29 is 39.5 Å². The molecule has 1 aliphatic rings. The second-order valence-electron chi connectivity index (χ2n) is 6.43. The van der Waals surface area contributed by atoms with Crippen molar-refractivity contribution in [3.05, 3.63) is 24.3 Å². The largest absolute Gasteiger partial charge is 0.497 e. The van der Waals surface area contributed by atoms with E-state index < -0.39 is 54.7 Å². The average molecular weight is 471 g/mol. The summed E-state index contributed by atoms with van der Waals surface area (Å²) in [6, 6.07) is 2.67. The lowest BCUT2D eigenvalue weighted by molar-refractivity contribution is -0.144. The van der Waals surface area contributed by atoms with Gasteiger partial charge in [-0.15, -0.1) is 0 Å². The lowest BCUT2D eigenvalue weighted by atomic mass is 10.2. The molecule has 0 unspecified atom stereocenters. The van der Waals surface area contributed by atoms with E-state index in [4.69, 9.17) is 4.74 Å². The van der Waals surface area contributed by atoms with Crippen LogP contribution < -0.4 is 4.74 Å². The normalized spacial score (nSPS) is 21.3. The van der Waals surface area contributed by atoms with Crippen LogP contribution in [0.3, 0.4) is 0 Å². The molecular weight excluding hydrogens is 448 g/mol. The van der Waals surface area contributed by atoms with Gasteiger partial charge < -0.3 is 9.47 Å². The van der Waals surface area contributed by atoms with E-state index in [-0.39, 0.29) is 15.0 Å². The molecule has 1 heterocycles. The fraction of sp³-hybridized carbons (Fsp3) is 0.533. The van der Waals surface area contributed by atoms with Crippen LogP contribution >= 0.6 is 0 Å². The van der Waals surface area contributed by atoms with Crippen LogP contribution in [0.25, 0.3) is 0 Å². The average Bonchev–Trinajstić information content (AvgIpc) is 3.03. The first kappa shape index (κ1) is 23.5. The molecule has 2 rings (SSSR count). The highest BCUT2D eigenvalue weighted by Gasteiger charge is 2.50. The number of sulfonamides is 3. The molecule has 29 heavy (non-hydrogen) atoms. The summed E-state index contributed by atoms with van der Waals surface area (Å²) >= 11 is 0. The summed E-state index contributed by atoms with van der Waals surface area (Å²) in [4.78, 5) is 12.0. The van der Waals surface area contributed by atoms with Gasteiger partial charge >= 0.3 is 5.97 Å². The first-order chi connectivity index (χ1) is 13.2. The Bertz CT molecular complexity index is 1050. The van der Waals surface area contributed by atoms with Crippen molar-refractivity contribution in [1.82, 2.24) is 8.02 Å². The van der Waals surface area contributed by atoms with E-state index in [2.05, 4.69) is 4.74 Å². The van der Waals surface area contributed by atoms with Crippen LogP contribution in [-0.4, -0.2) is 84.6 Å². The van der Waals surface area contributed by atoms with Crippen molar-refractivity contribution in [2.45, 2.75) is 23.4 Å². The molecule has 1 aromatic rings. The fourth-order valence-electron chi connectivity index (χ4n) is 3.22. The molecule has 1 aromatic carbocycles. The van der Waals surface area contributed by atoms with E-state index in [1.165, 1.54) is 31.4 Å². The Morgan fingerprint density at radius 1 is 1.00 bits per heavy atom. The monoisotopic (exact) mass is 470 g/mol. The quantitative estimate of drug-likeness (QED) is 0.469. The minimum atomic E-state index is -4.26. The van der Waals surface area contributed by atoms with Crippen molar-refractivity contribution >= 4 is 36.0 Å². The van der Waals surface area contributed by atoms with Crippen LogP contribution in [0.1, 0.15) is 6.42 Å². The molecule has 164 valence electrons. The smallest absolute Gasteiger partial charge is 0.324 e. The van der Waals surface area contributed by atoms with Crippen LogP contribution in [0.4, 0.5) is 0 Å². The van der Waals surface area contributed by atoms with Gasteiger partial charge in [0, 0.05) is 6.54 Å². The molecule has 1 saturated heterocycles. The molecule has 0 saturated carbocycles. The first-order valence-corrected chi connectivity index (χ1v) is 13.3. The molecule has 0 aromatic heterocycles. The maximum Gasteiger partial charge on any atom is 0.324 e. The Labute approximate surface area is 170 Å². The molecule has 14 heteroatoms. The van der Waals surface area contributed by atoms with E-state index in [0.717, 1.165) is 11.4 Å². The van der Waals surface area contributed by atoms with Crippen molar-refractivity contribution in [1.29, 1.82) is 0 Å². The third kappa shape index (κ3) is 4.88. The number of carbonyl (C=O) groups is 1. The van der Waals surface area contributed by atoms with Gasteiger partial charge in [-0.1, -0.05) is 3.71 Å². The highest BCUT2D eigenvalue weighted by atomic mass is 32.3. The van der Waals surface area contributed by atoms with Crippen LogP contribution in [0, 0.1) is 0 Å². The van der Waals surface area contributed by atoms with Gasteiger partial charge in [0.15, 0.2) is 0 Å². The Morgan fingerprint density at radius 2 is 1.52 bits per heavy atom. The van der Waals surface area contributed by atoms with E-state index in [1.807, 2.05) is 0 Å². The number of carbonyl (C=O) groups excluding carboxylic acids is 1. The zero-order valence-corrected chi connectivity index (χ0v) is 18.6. The molecule has 0 N–H and O–H groups in total.